The highest BCUT2D eigenvalue weighted by Crippen LogP contribution is 2.13. The van der Waals surface area contributed by atoms with Crippen LogP contribution in [0.5, 0.6) is 0 Å². The first-order valence-electron chi connectivity index (χ1n) is 4.71. The molecule has 1 heterocycles. The second kappa shape index (κ2) is 4.81. The molecule has 1 rings (SSSR count). The summed E-state index contributed by atoms with van der Waals surface area (Å²) < 4.78 is 5.22. The summed E-state index contributed by atoms with van der Waals surface area (Å²) in [6, 6.07) is 3.55. The van der Waals surface area contributed by atoms with E-state index in [1.807, 2.05) is 19.9 Å². The van der Waals surface area contributed by atoms with Gasteiger partial charge >= 0.3 is 0 Å². The monoisotopic (exact) mass is 196 g/mol. The first-order chi connectivity index (χ1) is 6.63. The van der Waals surface area contributed by atoms with Crippen LogP contribution >= 0.6 is 0 Å². The number of furan rings is 1. The molecule has 1 aromatic heterocycles. The van der Waals surface area contributed by atoms with Crippen molar-refractivity contribution < 1.29 is 9.21 Å². The lowest BCUT2D eigenvalue weighted by Crippen LogP contribution is -2.22. The van der Waals surface area contributed by atoms with E-state index >= 15 is 0 Å². The van der Waals surface area contributed by atoms with Crippen LogP contribution < -0.4 is 11.1 Å². The minimum atomic E-state index is -0.0783. The van der Waals surface area contributed by atoms with E-state index < -0.39 is 0 Å². The van der Waals surface area contributed by atoms with Crippen LogP contribution in [0, 0.1) is 12.8 Å². The van der Waals surface area contributed by atoms with E-state index in [1.165, 1.54) is 0 Å². The second-order valence-electron chi connectivity index (χ2n) is 3.38. The average Bonchev–Trinajstić information content (AvgIpc) is 2.51. The number of anilines is 1. The Labute approximate surface area is 83.5 Å². The molecular formula is C10H16N2O2. The zero-order valence-corrected chi connectivity index (χ0v) is 8.54. The Kier molecular flexibility index (Phi) is 3.71. The van der Waals surface area contributed by atoms with Crippen LogP contribution in [-0.2, 0) is 4.79 Å². The van der Waals surface area contributed by atoms with E-state index in [0.29, 0.717) is 18.8 Å². The van der Waals surface area contributed by atoms with E-state index in [2.05, 4.69) is 5.32 Å². The molecule has 3 N–H and O–H groups in total. The van der Waals surface area contributed by atoms with Gasteiger partial charge in [0.2, 0.25) is 5.91 Å². The van der Waals surface area contributed by atoms with Crippen molar-refractivity contribution in [3.8, 4) is 0 Å². The normalized spacial score (nSPS) is 12.5. The fourth-order valence-electron chi connectivity index (χ4n) is 1.13. The van der Waals surface area contributed by atoms with Crippen molar-refractivity contribution in [2.24, 2.45) is 11.7 Å². The van der Waals surface area contributed by atoms with Crippen LogP contribution in [-0.4, -0.2) is 12.5 Å². The number of nitrogens with two attached hydrogens (primary N) is 1. The summed E-state index contributed by atoms with van der Waals surface area (Å²) in [5.74, 6) is 1.15. The summed E-state index contributed by atoms with van der Waals surface area (Å²) in [5.41, 5.74) is 5.36. The van der Waals surface area contributed by atoms with Crippen molar-refractivity contribution in [2.45, 2.75) is 20.3 Å². The highest BCUT2D eigenvalue weighted by molar-refractivity contribution is 5.91. The summed E-state index contributed by atoms with van der Waals surface area (Å²) in [6.07, 6.45) is 0.686. The SMILES string of the molecule is Cc1ccc(NC(=O)C(C)CCN)o1. The van der Waals surface area contributed by atoms with Crippen LogP contribution in [0.4, 0.5) is 5.88 Å². The predicted molar refractivity (Wildman–Crippen MR) is 54.9 cm³/mol. The van der Waals surface area contributed by atoms with Crippen molar-refractivity contribution in [2.75, 3.05) is 11.9 Å². The zero-order valence-electron chi connectivity index (χ0n) is 8.54. The van der Waals surface area contributed by atoms with Gasteiger partial charge in [-0.15, -0.1) is 0 Å². The largest absolute Gasteiger partial charge is 0.446 e. The third kappa shape index (κ3) is 2.88. The lowest BCUT2D eigenvalue weighted by molar-refractivity contribution is -0.119. The van der Waals surface area contributed by atoms with Gasteiger partial charge in [-0.1, -0.05) is 6.92 Å². The van der Waals surface area contributed by atoms with Crippen molar-refractivity contribution in [3.05, 3.63) is 17.9 Å². The maximum atomic E-state index is 11.5. The molecule has 0 saturated heterocycles. The Morgan fingerprint density at radius 2 is 2.36 bits per heavy atom. The minimum absolute atomic E-state index is 0.0511. The van der Waals surface area contributed by atoms with Crippen molar-refractivity contribution in [3.63, 3.8) is 0 Å². The molecule has 0 spiro atoms. The zero-order chi connectivity index (χ0) is 10.6. The summed E-state index contributed by atoms with van der Waals surface area (Å²) in [5, 5.41) is 2.69. The van der Waals surface area contributed by atoms with E-state index in [4.69, 9.17) is 10.2 Å². The topological polar surface area (TPSA) is 68.3 Å². The van der Waals surface area contributed by atoms with Gasteiger partial charge in [0, 0.05) is 12.0 Å². The lowest BCUT2D eigenvalue weighted by Gasteiger charge is -2.08. The molecule has 0 fully saturated rings. The van der Waals surface area contributed by atoms with E-state index in [0.717, 1.165) is 5.76 Å². The number of carbonyl (C=O) groups excluding carboxylic acids is 1. The summed E-state index contributed by atoms with van der Waals surface area (Å²) in [7, 11) is 0. The molecule has 0 aromatic carbocycles. The molecule has 4 heteroatoms. The molecule has 0 aliphatic carbocycles. The maximum absolute atomic E-state index is 11.5. The molecule has 78 valence electrons. The molecule has 0 aliphatic rings. The first-order valence-corrected chi connectivity index (χ1v) is 4.71. The van der Waals surface area contributed by atoms with E-state index in [-0.39, 0.29) is 11.8 Å². The molecule has 0 aliphatic heterocycles. The highest BCUT2D eigenvalue weighted by atomic mass is 16.4. The molecule has 1 unspecified atom stereocenters. The molecular weight excluding hydrogens is 180 g/mol. The van der Waals surface area contributed by atoms with Gasteiger partial charge in [0.05, 0.1) is 0 Å². The number of hydrogen-bond donors (Lipinski definition) is 2. The molecule has 1 aromatic rings. The van der Waals surface area contributed by atoms with Crippen molar-refractivity contribution in [1.29, 1.82) is 0 Å². The van der Waals surface area contributed by atoms with Gasteiger partial charge in [-0.05, 0) is 26.0 Å². The van der Waals surface area contributed by atoms with Crippen molar-refractivity contribution in [1.82, 2.24) is 0 Å². The van der Waals surface area contributed by atoms with Crippen LogP contribution in [0.2, 0.25) is 0 Å². The number of nitrogens with one attached hydrogen (secondary N) is 1. The van der Waals surface area contributed by atoms with Gasteiger partial charge in [0.1, 0.15) is 5.76 Å². The standard InChI is InChI=1S/C10H16N2O2/c1-7(5-6-11)10(13)12-9-4-3-8(2)14-9/h3-4,7H,5-6,11H2,1-2H3,(H,12,13). The Hall–Kier alpha value is -1.29. The summed E-state index contributed by atoms with van der Waals surface area (Å²) >= 11 is 0. The molecule has 0 radical (unpaired) electrons. The Morgan fingerprint density at radius 3 is 2.86 bits per heavy atom. The Balaban J connectivity index is 2.48. The van der Waals surface area contributed by atoms with Crippen LogP contribution in [0.3, 0.4) is 0 Å². The average molecular weight is 196 g/mol. The smallest absolute Gasteiger partial charge is 0.229 e. The first kappa shape index (κ1) is 10.8. The van der Waals surface area contributed by atoms with Crippen LogP contribution in [0.25, 0.3) is 0 Å². The number of amides is 1. The lowest BCUT2D eigenvalue weighted by atomic mass is 10.1. The molecule has 0 saturated carbocycles. The van der Waals surface area contributed by atoms with Gasteiger partial charge in [-0.25, -0.2) is 0 Å². The second-order valence-corrected chi connectivity index (χ2v) is 3.38. The maximum Gasteiger partial charge on any atom is 0.229 e. The van der Waals surface area contributed by atoms with Crippen LogP contribution in [0.15, 0.2) is 16.5 Å². The number of carbonyl (C=O) groups is 1. The third-order valence-electron chi connectivity index (χ3n) is 2.03. The quantitative estimate of drug-likeness (QED) is 0.767. The fraction of sp³-hybridized carbons (Fsp3) is 0.500. The van der Waals surface area contributed by atoms with Crippen LogP contribution in [0.1, 0.15) is 19.1 Å². The van der Waals surface area contributed by atoms with Gasteiger partial charge in [0.25, 0.3) is 0 Å². The van der Waals surface area contributed by atoms with Gasteiger partial charge in [-0.2, -0.15) is 0 Å². The fourth-order valence-corrected chi connectivity index (χ4v) is 1.13. The summed E-state index contributed by atoms with van der Waals surface area (Å²) in [6.45, 7) is 4.20. The Morgan fingerprint density at radius 1 is 1.64 bits per heavy atom. The van der Waals surface area contributed by atoms with Gasteiger partial charge in [-0.3, -0.25) is 10.1 Å². The number of aryl methyl sites for hydroxylation is 1. The van der Waals surface area contributed by atoms with E-state index in [9.17, 15) is 4.79 Å². The number of hydrogen-bond acceptors (Lipinski definition) is 3. The molecule has 14 heavy (non-hydrogen) atoms. The van der Waals surface area contributed by atoms with Gasteiger partial charge < -0.3 is 10.2 Å². The van der Waals surface area contributed by atoms with Crippen molar-refractivity contribution >= 4 is 11.8 Å². The van der Waals surface area contributed by atoms with E-state index in [1.54, 1.807) is 6.07 Å². The van der Waals surface area contributed by atoms with Gasteiger partial charge in [0.15, 0.2) is 5.88 Å². The minimum Gasteiger partial charge on any atom is -0.446 e. The number of rotatable bonds is 4. The molecule has 1 amide bonds. The summed E-state index contributed by atoms with van der Waals surface area (Å²) in [4.78, 5) is 11.5. The Bertz CT molecular complexity index is 307. The molecule has 1 atom stereocenters. The third-order valence-corrected chi connectivity index (χ3v) is 2.03. The molecule has 0 bridgehead atoms. The highest BCUT2D eigenvalue weighted by Gasteiger charge is 2.12. The molecule has 4 nitrogen and oxygen atoms in total. The predicted octanol–water partition coefficient (Wildman–Crippen LogP) is 1.51.